The van der Waals surface area contributed by atoms with Crippen LogP contribution in [0.1, 0.15) is 17.3 Å². The summed E-state index contributed by atoms with van der Waals surface area (Å²) in [5.74, 6) is 0.0621. The van der Waals surface area contributed by atoms with Gasteiger partial charge in [-0.1, -0.05) is 45.4 Å². The highest BCUT2D eigenvalue weighted by molar-refractivity contribution is 9.10. The van der Waals surface area contributed by atoms with Crippen molar-refractivity contribution in [2.75, 3.05) is 0 Å². The number of Topliss-reactive ketones (excluding diaryl/α,β-unsaturated/α-hetero) is 1. The van der Waals surface area contributed by atoms with E-state index in [0.29, 0.717) is 5.02 Å². The highest BCUT2D eigenvalue weighted by Crippen LogP contribution is 2.33. The SMILES string of the molecule is CC(=O)c1ccc(Br)cc1Sc1cccc(Cl)c1. The Balaban J connectivity index is 2.39. The first-order valence-corrected chi connectivity index (χ1v) is 7.29. The lowest BCUT2D eigenvalue weighted by atomic mass is 10.1. The van der Waals surface area contributed by atoms with Gasteiger partial charge in [-0.05, 0) is 43.3 Å². The summed E-state index contributed by atoms with van der Waals surface area (Å²) in [6, 6.07) is 13.2. The Kier molecular flexibility index (Phi) is 4.49. The first-order valence-electron chi connectivity index (χ1n) is 5.30. The Labute approximate surface area is 124 Å². The topological polar surface area (TPSA) is 17.1 Å². The standard InChI is InChI=1S/C14H10BrClOS/c1-9(17)13-6-5-10(15)7-14(13)18-12-4-2-3-11(16)8-12/h2-8H,1H3. The Hall–Kier alpha value is -0.770. The summed E-state index contributed by atoms with van der Waals surface area (Å²) in [5.41, 5.74) is 0.725. The quantitative estimate of drug-likeness (QED) is 0.690. The molecule has 2 rings (SSSR count). The molecule has 4 heteroatoms. The third-order valence-corrected chi connectivity index (χ3v) is 4.12. The first kappa shape index (κ1) is 13.7. The molecule has 0 aliphatic heterocycles. The zero-order valence-electron chi connectivity index (χ0n) is 9.61. The van der Waals surface area contributed by atoms with E-state index in [4.69, 9.17) is 11.6 Å². The molecule has 1 nitrogen and oxygen atoms in total. The second-order valence-electron chi connectivity index (χ2n) is 3.76. The van der Waals surface area contributed by atoms with Gasteiger partial charge in [0.15, 0.2) is 5.78 Å². The van der Waals surface area contributed by atoms with Gasteiger partial charge in [0, 0.05) is 24.8 Å². The molecule has 0 aliphatic rings. The number of hydrogen-bond acceptors (Lipinski definition) is 2. The molecule has 0 bridgehead atoms. The number of carbonyl (C=O) groups excluding carboxylic acids is 1. The molecule has 92 valence electrons. The maximum atomic E-state index is 11.6. The lowest BCUT2D eigenvalue weighted by molar-refractivity contribution is 0.101. The van der Waals surface area contributed by atoms with E-state index in [9.17, 15) is 4.79 Å². The first-order chi connectivity index (χ1) is 8.56. The van der Waals surface area contributed by atoms with Gasteiger partial charge < -0.3 is 0 Å². The summed E-state index contributed by atoms with van der Waals surface area (Å²) >= 11 is 10.9. The van der Waals surface area contributed by atoms with Crippen LogP contribution in [0.3, 0.4) is 0 Å². The van der Waals surface area contributed by atoms with E-state index in [0.717, 1.165) is 19.8 Å². The van der Waals surface area contributed by atoms with Gasteiger partial charge in [0.05, 0.1) is 0 Å². The molecule has 0 amide bonds. The van der Waals surface area contributed by atoms with Gasteiger partial charge in [0.25, 0.3) is 0 Å². The third kappa shape index (κ3) is 3.37. The van der Waals surface area contributed by atoms with Crippen molar-refractivity contribution in [3.63, 3.8) is 0 Å². The highest BCUT2D eigenvalue weighted by Gasteiger charge is 2.09. The van der Waals surface area contributed by atoms with Crippen LogP contribution in [-0.4, -0.2) is 5.78 Å². The van der Waals surface area contributed by atoms with Crippen LogP contribution in [0, 0.1) is 0 Å². The predicted octanol–water partition coefficient (Wildman–Crippen LogP) is 5.46. The summed E-state index contributed by atoms with van der Waals surface area (Å²) in [7, 11) is 0. The fourth-order valence-electron chi connectivity index (χ4n) is 1.53. The van der Waals surface area contributed by atoms with Crippen LogP contribution in [0.25, 0.3) is 0 Å². The molecule has 0 spiro atoms. The van der Waals surface area contributed by atoms with E-state index < -0.39 is 0 Å². The minimum absolute atomic E-state index is 0.0621. The minimum atomic E-state index is 0.0621. The van der Waals surface area contributed by atoms with Crippen LogP contribution in [0.5, 0.6) is 0 Å². The van der Waals surface area contributed by atoms with Gasteiger partial charge in [-0.25, -0.2) is 0 Å². The molecule has 0 fully saturated rings. The number of carbonyl (C=O) groups is 1. The Morgan fingerprint density at radius 3 is 2.67 bits per heavy atom. The monoisotopic (exact) mass is 340 g/mol. The summed E-state index contributed by atoms with van der Waals surface area (Å²) < 4.78 is 0.956. The van der Waals surface area contributed by atoms with Crippen molar-refractivity contribution < 1.29 is 4.79 Å². The number of halogens is 2. The number of ketones is 1. The molecule has 0 N–H and O–H groups in total. The summed E-state index contributed by atoms with van der Waals surface area (Å²) in [6.45, 7) is 1.57. The van der Waals surface area contributed by atoms with E-state index in [1.807, 2.05) is 42.5 Å². The molecule has 0 saturated carbocycles. The van der Waals surface area contributed by atoms with Crippen molar-refractivity contribution in [3.05, 3.63) is 57.5 Å². The van der Waals surface area contributed by atoms with Crippen LogP contribution < -0.4 is 0 Å². The number of benzene rings is 2. The van der Waals surface area contributed by atoms with E-state index >= 15 is 0 Å². The molecular weight excluding hydrogens is 332 g/mol. The maximum Gasteiger partial charge on any atom is 0.160 e. The maximum absolute atomic E-state index is 11.6. The van der Waals surface area contributed by atoms with Gasteiger partial charge in [-0.2, -0.15) is 0 Å². The fourth-order valence-corrected chi connectivity index (χ4v) is 3.39. The molecule has 18 heavy (non-hydrogen) atoms. The van der Waals surface area contributed by atoms with Crippen LogP contribution in [-0.2, 0) is 0 Å². The minimum Gasteiger partial charge on any atom is -0.294 e. The fraction of sp³-hybridized carbons (Fsp3) is 0.0714. The van der Waals surface area contributed by atoms with Crippen LogP contribution in [0.15, 0.2) is 56.7 Å². The van der Waals surface area contributed by atoms with E-state index in [-0.39, 0.29) is 5.78 Å². The van der Waals surface area contributed by atoms with Crippen molar-refractivity contribution in [2.45, 2.75) is 16.7 Å². The molecule has 2 aromatic carbocycles. The predicted molar refractivity (Wildman–Crippen MR) is 79.7 cm³/mol. The summed E-state index contributed by atoms with van der Waals surface area (Å²) in [5, 5.41) is 0.694. The smallest absolute Gasteiger partial charge is 0.160 e. The van der Waals surface area contributed by atoms with Crippen LogP contribution >= 0.6 is 39.3 Å². The second kappa shape index (κ2) is 5.91. The van der Waals surface area contributed by atoms with Crippen molar-refractivity contribution >= 4 is 45.1 Å². The Morgan fingerprint density at radius 2 is 2.00 bits per heavy atom. The normalized spacial score (nSPS) is 10.4. The number of hydrogen-bond donors (Lipinski definition) is 0. The van der Waals surface area contributed by atoms with Gasteiger partial charge in [0.1, 0.15) is 0 Å². The second-order valence-corrected chi connectivity index (χ2v) is 6.22. The molecule has 2 aromatic rings. The van der Waals surface area contributed by atoms with Crippen molar-refractivity contribution in [3.8, 4) is 0 Å². The lowest BCUT2D eigenvalue weighted by Crippen LogP contribution is -1.94. The van der Waals surface area contributed by atoms with Gasteiger partial charge in [0.2, 0.25) is 0 Å². The zero-order chi connectivity index (χ0) is 13.1. The van der Waals surface area contributed by atoms with Gasteiger partial charge in [-0.3, -0.25) is 4.79 Å². The number of rotatable bonds is 3. The van der Waals surface area contributed by atoms with Crippen molar-refractivity contribution in [1.29, 1.82) is 0 Å². The highest BCUT2D eigenvalue weighted by atomic mass is 79.9. The zero-order valence-corrected chi connectivity index (χ0v) is 12.8. The van der Waals surface area contributed by atoms with Crippen LogP contribution in [0.2, 0.25) is 5.02 Å². The molecule has 0 saturated heterocycles. The third-order valence-electron chi connectivity index (χ3n) is 2.35. The van der Waals surface area contributed by atoms with E-state index in [1.54, 1.807) is 6.92 Å². The molecule has 0 heterocycles. The lowest BCUT2D eigenvalue weighted by Gasteiger charge is -2.07. The van der Waals surface area contributed by atoms with Crippen molar-refractivity contribution in [2.24, 2.45) is 0 Å². The average Bonchev–Trinajstić information content (AvgIpc) is 2.28. The van der Waals surface area contributed by atoms with Gasteiger partial charge in [-0.15, -0.1) is 0 Å². The van der Waals surface area contributed by atoms with Crippen molar-refractivity contribution in [1.82, 2.24) is 0 Å². The molecule has 0 atom stereocenters. The summed E-state index contributed by atoms with van der Waals surface area (Å²) in [4.78, 5) is 13.5. The van der Waals surface area contributed by atoms with Crippen LogP contribution in [0.4, 0.5) is 0 Å². The Bertz CT molecular complexity index is 598. The average molecular weight is 342 g/mol. The summed E-state index contributed by atoms with van der Waals surface area (Å²) in [6.07, 6.45) is 0. The molecular formula is C14H10BrClOS. The van der Waals surface area contributed by atoms with E-state index in [2.05, 4.69) is 15.9 Å². The molecule has 0 radical (unpaired) electrons. The Morgan fingerprint density at radius 1 is 1.22 bits per heavy atom. The van der Waals surface area contributed by atoms with E-state index in [1.165, 1.54) is 11.8 Å². The molecule has 0 unspecified atom stereocenters. The van der Waals surface area contributed by atoms with Gasteiger partial charge >= 0.3 is 0 Å². The molecule has 0 aromatic heterocycles. The largest absolute Gasteiger partial charge is 0.294 e. The molecule has 0 aliphatic carbocycles.